The highest BCUT2D eigenvalue weighted by Gasteiger charge is 2.18. The van der Waals surface area contributed by atoms with Gasteiger partial charge in [0.25, 0.3) is 0 Å². The minimum atomic E-state index is -0.237. The predicted molar refractivity (Wildman–Crippen MR) is 89.8 cm³/mol. The molecule has 2 atom stereocenters. The molecule has 2 unspecified atom stereocenters. The van der Waals surface area contributed by atoms with Crippen LogP contribution in [-0.2, 0) is 17.7 Å². The number of anilines is 1. The monoisotopic (exact) mass is 332 g/mol. The Hall–Kier alpha value is -2.35. The number of aryl methyl sites for hydroxylation is 1. The van der Waals surface area contributed by atoms with E-state index >= 15 is 0 Å². The van der Waals surface area contributed by atoms with E-state index in [1.54, 1.807) is 12.3 Å². The van der Waals surface area contributed by atoms with Gasteiger partial charge in [0.2, 0.25) is 0 Å². The van der Waals surface area contributed by atoms with Gasteiger partial charge in [-0.1, -0.05) is 0 Å². The summed E-state index contributed by atoms with van der Waals surface area (Å²) in [7, 11) is 0. The van der Waals surface area contributed by atoms with Crippen LogP contribution in [0.4, 0.5) is 10.6 Å². The van der Waals surface area contributed by atoms with Crippen LogP contribution in [0.15, 0.2) is 18.3 Å². The molecule has 1 saturated heterocycles. The van der Waals surface area contributed by atoms with Gasteiger partial charge in [0.05, 0.1) is 18.5 Å². The van der Waals surface area contributed by atoms with Crippen molar-refractivity contribution < 1.29 is 9.53 Å². The molecule has 3 rings (SSSR count). The third kappa shape index (κ3) is 4.35. The van der Waals surface area contributed by atoms with Crippen LogP contribution in [0.3, 0.4) is 0 Å². The number of H-pyrrole nitrogens is 1. The van der Waals surface area contributed by atoms with Gasteiger partial charge < -0.3 is 10.1 Å². The molecular weight excluding hydrogens is 308 g/mol. The molecule has 1 aliphatic heterocycles. The summed E-state index contributed by atoms with van der Waals surface area (Å²) in [5.41, 5.74) is 1.95. The van der Waals surface area contributed by atoms with Crippen LogP contribution in [0, 0.1) is 12.8 Å². The maximum atomic E-state index is 12.2. The number of rotatable bonds is 6. The SMILES string of the molecule is Cc1cc(CC(C)NC(=O)Nc2ccnn2CC2CCOC2)n[nH]1. The molecule has 0 saturated carbocycles. The van der Waals surface area contributed by atoms with Crippen LogP contribution in [0.5, 0.6) is 0 Å². The quantitative estimate of drug-likeness (QED) is 0.750. The van der Waals surface area contributed by atoms with E-state index in [2.05, 4.69) is 25.9 Å². The molecule has 2 aromatic heterocycles. The number of hydrogen-bond acceptors (Lipinski definition) is 4. The third-order valence-corrected chi connectivity index (χ3v) is 4.07. The zero-order chi connectivity index (χ0) is 16.9. The van der Waals surface area contributed by atoms with Gasteiger partial charge in [-0.05, 0) is 26.3 Å². The summed E-state index contributed by atoms with van der Waals surface area (Å²) in [4.78, 5) is 12.2. The lowest BCUT2D eigenvalue weighted by atomic mass is 10.1. The maximum absolute atomic E-state index is 12.2. The van der Waals surface area contributed by atoms with Crippen molar-refractivity contribution in [1.82, 2.24) is 25.3 Å². The van der Waals surface area contributed by atoms with Crippen LogP contribution < -0.4 is 10.6 Å². The van der Waals surface area contributed by atoms with Gasteiger partial charge in [0, 0.05) is 43.3 Å². The summed E-state index contributed by atoms with van der Waals surface area (Å²) in [5, 5.41) is 17.2. The summed E-state index contributed by atoms with van der Waals surface area (Å²) in [6.07, 6.45) is 3.41. The molecule has 0 spiro atoms. The molecule has 1 fully saturated rings. The predicted octanol–water partition coefficient (Wildman–Crippen LogP) is 1.70. The lowest BCUT2D eigenvalue weighted by Gasteiger charge is -2.15. The molecule has 2 aromatic rings. The van der Waals surface area contributed by atoms with Crippen molar-refractivity contribution >= 4 is 11.8 Å². The van der Waals surface area contributed by atoms with Crippen LogP contribution in [0.25, 0.3) is 0 Å². The molecule has 0 aromatic carbocycles. The number of aromatic nitrogens is 4. The minimum Gasteiger partial charge on any atom is -0.381 e. The first-order valence-corrected chi connectivity index (χ1v) is 8.28. The van der Waals surface area contributed by atoms with Crippen LogP contribution in [-0.4, -0.2) is 45.3 Å². The number of aromatic amines is 1. The normalized spacial score (nSPS) is 18.5. The Morgan fingerprint density at radius 1 is 1.58 bits per heavy atom. The Kier molecular flexibility index (Phi) is 5.14. The second-order valence-electron chi connectivity index (χ2n) is 6.37. The zero-order valence-corrected chi connectivity index (χ0v) is 14.1. The topological polar surface area (TPSA) is 96.9 Å². The smallest absolute Gasteiger partial charge is 0.320 e. The minimum absolute atomic E-state index is 0.0210. The Bertz CT molecular complexity index is 674. The summed E-state index contributed by atoms with van der Waals surface area (Å²) < 4.78 is 7.21. The van der Waals surface area contributed by atoms with E-state index in [9.17, 15) is 4.79 Å². The molecule has 8 heteroatoms. The van der Waals surface area contributed by atoms with E-state index in [4.69, 9.17) is 4.74 Å². The summed E-state index contributed by atoms with van der Waals surface area (Å²) in [6.45, 7) is 6.23. The van der Waals surface area contributed by atoms with Crippen molar-refractivity contribution in [3.8, 4) is 0 Å². The fourth-order valence-corrected chi connectivity index (χ4v) is 2.88. The molecular formula is C16H24N6O2. The summed E-state index contributed by atoms with van der Waals surface area (Å²) in [5.74, 6) is 1.15. The standard InChI is InChI=1S/C16H24N6O2/c1-11(7-14-8-12(2)20-21-14)18-16(23)19-15-3-5-17-22(15)9-13-4-6-24-10-13/h3,5,8,11,13H,4,6-7,9-10H2,1-2H3,(H,20,21)(H2,18,19,23). The number of nitrogens with one attached hydrogen (secondary N) is 3. The van der Waals surface area contributed by atoms with Crippen LogP contribution in [0.1, 0.15) is 24.7 Å². The van der Waals surface area contributed by atoms with Gasteiger partial charge in [-0.25, -0.2) is 9.48 Å². The molecule has 0 aliphatic carbocycles. The second kappa shape index (κ2) is 7.48. The highest BCUT2D eigenvalue weighted by molar-refractivity contribution is 5.88. The third-order valence-electron chi connectivity index (χ3n) is 4.07. The van der Waals surface area contributed by atoms with Crippen molar-refractivity contribution in [2.75, 3.05) is 18.5 Å². The fraction of sp³-hybridized carbons (Fsp3) is 0.562. The first-order chi connectivity index (χ1) is 11.6. The number of carbonyl (C=O) groups excluding carboxylic acids is 1. The van der Waals surface area contributed by atoms with Gasteiger partial charge in [-0.2, -0.15) is 10.2 Å². The van der Waals surface area contributed by atoms with Gasteiger partial charge in [0.15, 0.2) is 0 Å². The molecule has 130 valence electrons. The van der Waals surface area contributed by atoms with Crippen molar-refractivity contribution in [2.45, 2.75) is 39.3 Å². The lowest BCUT2D eigenvalue weighted by Crippen LogP contribution is -2.38. The number of carbonyl (C=O) groups is 1. The molecule has 3 heterocycles. The van der Waals surface area contributed by atoms with E-state index in [1.165, 1.54) is 0 Å². The van der Waals surface area contributed by atoms with E-state index in [-0.39, 0.29) is 12.1 Å². The number of nitrogens with zero attached hydrogens (tertiary/aromatic N) is 3. The van der Waals surface area contributed by atoms with E-state index < -0.39 is 0 Å². The number of hydrogen-bond donors (Lipinski definition) is 3. The van der Waals surface area contributed by atoms with E-state index in [0.29, 0.717) is 18.2 Å². The van der Waals surface area contributed by atoms with Crippen molar-refractivity contribution in [3.63, 3.8) is 0 Å². The number of amides is 2. The van der Waals surface area contributed by atoms with Gasteiger partial charge >= 0.3 is 6.03 Å². The Morgan fingerprint density at radius 2 is 2.46 bits per heavy atom. The average molecular weight is 332 g/mol. The van der Waals surface area contributed by atoms with E-state index in [1.807, 2.05) is 24.6 Å². The molecule has 8 nitrogen and oxygen atoms in total. The van der Waals surface area contributed by atoms with E-state index in [0.717, 1.165) is 37.6 Å². The number of urea groups is 1. The molecule has 0 bridgehead atoms. The van der Waals surface area contributed by atoms with Crippen molar-refractivity contribution in [2.24, 2.45) is 5.92 Å². The number of ether oxygens (including phenoxy) is 1. The van der Waals surface area contributed by atoms with Crippen LogP contribution >= 0.6 is 0 Å². The molecule has 0 radical (unpaired) electrons. The highest BCUT2D eigenvalue weighted by atomic mass is 16.5. The largest absolute Gasteiger partial charge is 0.381 e. The second-order valence-corrected chi connectivity index (χ2v) is 6.37. The first-order valence-electron chi connectivity index (χ1n) is 8.28. The van der Waals surface area contributed by atoms with Gasteiger partial charge in [0.1, 0.15) is 5.82 Å². The summed E-state index contributed by atoms with van der Waals surface area (Å²) >= 11 is 0. The fourth-order valence-electron chi connectivity index (χ4n) is 2.88. The lowest BCUT2D eigenvalue weighted by molar-refractivity contribution is 0.181. The van der Waals surface area contributed by atoms with Crippen molar-refractivity contribution in [3.05, 3.63) is 29.7 Å². The zero-order valence-electron chi connectivity index (χ0n) is 14.1. The van der Waals surface area contributed by atoms with Gasteiger partial charge in [-0.3, -0.25) is 10.4 Å². The Balaban J connectivity index is 1.50. The molecule has 3 N–H and O–H groups in total. The van der Waals surface area contributed by atoms with Crippen molar-refractivity contribution in [1.29, 1.82) is 0 Å². The first kappa shape index (κ1) is 16.5. The highest BCUT2D eigenvalue weighted by Crippen LogP contribution is 2.17. The maximum Gasteiger partial charge on any atom is 0.320 e. The average Bonchev–Trinajstić information content (AvgIpc) is 3.24. The molecule has 2 amide bonds. The van der Waals surface area contributed by atoms with Gasteiger partial charge in [-0.15, -0.1) is 0 Å². The van der Waals surface area contributed by atoms with Crippen LogP contribution in [0.2, 0.25) is 0 Å². The molecule has 1 aliphatic rings. The Labute approximate surface area is 141 Å². The molecule has 24 heavy (non-hydrogen) atoms. The Morgan fingerprint density at radius 3 is 3.17 bits per heavy atom. The summed E-state index contributed by atoms with van der Waals surface area (Å²) in [6, 6.07) is 3.53.